The van der Waals surface area contributed by atoms with Gasteiger partial charge in [-0.15, -0.1) is 0 Å². The molecular weight excluding hydrogens is 334 g/mol. The second-order valence-corrected chi connectivity index (χ2v) is 6.23. The molecule has 0 fully saturated rings. The maximum atomic E-state index is 11.6. The van der Waals surface area contributed by atoms with Crippen LogP contribution in [0.3, 0.4) is 0 Å². The smallest absolute Gasteiger partial charge is 0.377 e. The summed E-state index contributed by atoms with van der Waals surface area (Å²) in [6.07, 6.45) is 3.07. The van der Waals surface area contributed by atoms with Gasteiger partial charge in [-0.25, -0.2) is 9.78 Å². The van der Waals surface area contributed by atoms with Crippen LogP contribution in [0.5, 0.6) is 5.88 Å². The van der Waals surface area contributed by atoms with Crippen LogP contribution >= 0.6 is 0 Å². The molecule has 1 heterocycles. The van der Waals surface area contributed by atoms with Crippen molar-refractivity contribution in [1.29, 1.82) is 0 Å². The SMILES string of the molecule is COC(=O)C(=COS(C)(=O)=O)Oc1ccc(-c2ccccc2)cn1. The van der Waals surface area contributed by atoms with Crippen molar-refractivity contribution in [1.82, 2.24) is 4.98 Å². The molecule has 0 aliphatic rings. The summed E-state index contributed by atoms with van der Waals surface area (Å²) in [4.78, 5) is 15.7. The molecule has 0 saturated carbocycles. The molecule has 0 radical (unpaired) electrons. The number of rotatable bonds is 6. The summed E-state index contributed by atoms with van der Waals surface area (Å²) in [5.74, 6) is -1.25. The van der Waals surface area contributed by atoms with Crippen LogP contribution in [0.1, 0.15) is 0 Å². The minimum atomic E-state index is -3.78. The fourth-order valence-corrected chi connectivity index (χ4v) is 1.96. The Labute approximate surface area is 139 Å². The summed E-state index contributed by atoms with van der Waals surface area (Å²) in [6.45, 7) is 0. The lowest BCUT2D eigenvalue weighted by atomic mass is 10.1. The van der Waals surface area contributed by atoms with E-state index in [0.717, 1.165) is 24.5 Å². The molecule has 0 bridgehead atoms. The maximum absolute atomic E-state index is 11.6. The minimum Gasteiger partial charge on any atom is -0.463 e. The molecule has 0 aliphatic heterocycles. The molecule has 8 heteroatoms. The van der Waals surface area contributed by atoms with E-state index in [-0.39, 0.29) is 5.88 Å². The Hall–Kier alpha value is -2.87. The van der Waals surface area contributed by atoms with Gasteiger partial charge in [-0.05, 0) is 11.6 Å². The Morgan fingerprint density at radius 3 is 2.33 bits per heavy atom. The van der Waals surface area contributed by atoms with Gasteiger partial charge in [-0.1, -0.05) is 30.3 Å². The highest BCUT2D eigenvalue weighted by Gasteiger charge is 2.15. The fraction of sp³-hybridized carbons (Fsp3) is 0.125. The number of carbonyl (C=O) groups excluding carboxylic acids is 1. The lowest BCUT2D eigenvalue weighted by molar-refractivity contribution is -0.138. The second kappa shape index (κ2) is 7.60. The van der Waals surface area contributed by atoms with Gasteiger partial charge in [0, 0.05) is 17.8 Å². The Kier molecular flexibility index (Phi) is 5.54. The lowest BCUT2D eigenvalue weighted by Crippen LogP contribution is -2.13. The molecular formula is C16H15NO6S. The number of esters is 1. The molecule has 2 rings (SSSR count). The van der Waals surface area contributed by atoms with Crippen LogP contribution in [0.15, 0.2) is 60.7 Å². The third kappa shape index (κ3) is 5.10. The predicted octanol–water partition coefficient (Wildman–Crippen LogP) is 2.12. The minimum absolute atomic E-state index is 0.0865. The van der Waals surface area contributed by atoms with E-state index in [2.05, 4.69) is 13.9 Å². The number of methoxy groups -OCH3 is 1. The standard InChI is InChI=1S/C16H15NO6S/c1-21-16(18)14(11-22-24(2,19)20)23-15-9-8-13(10-17-15)12-6-4-3-5-7-12/h3-11H,1-2H3. The van der Waals surface area contributed by atoms with Crippen molar-refractivity contribution >= 4 is 16.1 Å². The lowest BCUT2D eigenvalue weighted by Gasteiger charge is -2.08. The molecule has 0 N–H and O–H groups in total. The van der Waals surface area contributed by atoms with Gasteiger partial charge >= 0.3 is 16.1 Å². The summed E-state index contributed by atoms with van der Waals surface area (Å²) >= 11 is 0. The van der Waals surface area contributed by atoms with Crippen molar-refractivity contribution in [3.05, 3.63) is 60.7 Å². The highest BCUT2D eigenvalue weighted by Crippen LogP contribution is 2.20. The Balaban J connectivity index is 2.19. The average molecular weight is 349 g/mol. The van der Waals surface area contributed by atoms with Crippen LogP contribution in [-0.4, -0.2) is 32.7 Å². The van der Waals surface area contributed by atoms with Crippen molar-refractivity contribution in [2.45, 2.75) is 0 Å². The number of pyridine rings is 1. The van der Waals surface area contributed by atoms with Gasteiger partial charge in [-0.2, -0.15) is 8.42 Å². The Morgan fingerprint density at radius 1 is 1.08 bits per heavy atom. The van der Waals surface area contributed by atoms with Gasteiger partial charge < -0.3 is 13.7 Å². The molecule has 2 aromatic rings. The average Bonchev–Trinajstić information content (AvgIpc) is 2.58. The van der Waals surface area contributed by atoms with Crippen molar-refractivity contribution in [2.75, 3.05) is 13.4 Å². The van der Waals surface area contributed by atoms with Crippen molar-refractivity contribution < 1.29 is 26.9 Å². The molecule has 0 atom stereocenters. The zero-order chi connectivity index (χ0) is 17.6. The summed E-state index contributed by atoms with van der Waals surface area (Å²) in [5.41, 5.74) is 1.83. The highest BCUT2D eigenvalue weighted by atomic mass is 32.2. The largest absolute Gasteiger partial charge is 0.463 e. The first-order valence-electron chi connectivity index (χ1n) is 6.75. The zero-order valence-corrected chi connectivity index (χ0v) is 13.8. The van der Waals surface area contributed by atoms with Crippen LogP contribution in [0, 0.1) is 0 Å². The first-order chi connectivity index (χ1) is 11.4. The van der Waals surface area contributed by atoms with Gasteiger partial charge in [0.1, 0.15) is 0 Å². The highest BCUT2D eigenvalue weighted by molar-refractivity contribution is 7.86. The van der Waals surface area contributed by atoms with Crippen LogP contribution in [0.25, 0.3) is 11.1 Å². The van der Waals surface area contributed by atoms with Gasteiger partial charge in [-0.3, -0.25) is 0 Å². The fourth-order valence-electron chi connectivity index (χ4n) is 1.70. The topological polar surface area (TPSA) is 91.8 Å². The second-order valence-electron chi connectivity index (χ2n) is 4.63. The first kappa shape index (κ1) is 17.5. The van der Waals surface area contributed by atoms with E-state index in [1.807, 2.05) is 30.3 Å². The summed E-state index contributed by atoms with van der Waals surface area (Å²) in [6, 6.07) is 12.9. The number of carbonyl (C=O) groups is 1. The molecule has 1 aromatic carbocycles. The number of benzene rings is 1. The van der Waals surface area contributed by atoms with Gasteiger partial charge in [0.05, 0.1) is 13.4 Å². The molecule has 7 nitrogen and oxygen atoms in total. The third-order valence-corrected chi connectivity index (χ3v) is 3.22. The van der Waals surface area contributed by atoms with Gasteiger partial charge in [0.15, 0.2) is 6.26 Å². The molecule has 1 aromatic heterocycles. The van der Waals surface area contributed by atoms with Crippen molar-refractivity contribution in [3.8, 4) is 17.0 Å². The van der Waals surface area contributed by atoms with E-state index in [1.165, 1.54) is 0 Å². The van der Waals surface area contributed by atoms with Crippen LogP contribution in [0.4, 0.5) is 0 Å². The van der Waals surface area contributed by atoms with Crippen LogP contribution < -0.4 is 4.74 Å². The molecule has 0 unspecified atom stereocenters. The normalized spacial score (nSPS) is 11.7. The summed E-state index contributed by atoms with van der Waals surface area (Å²) in [5, 5.41) is 0. The number of ether oxygens (including phenoxy) is 2. The Morgan fingerprint density at radius 2 is 1.79 bits per heavy atom. The summed E-state index contributed by atoms with van der Waals surface area (Å²) < 4.78 is 36.2. The molecule has 126 valence electrons. The number of hydrogen-bond donors (Lipinski definition) is 0. The number of aromatic nitrogens is 1. The monoisotopic (exact) mass is 349 g/mol. The predicted molar refractivity (Wildman–Crippen MR) is 86.3 cm³/mol. The van der Waals surface area contributed by atoms with Crippen LogP contribution in [0.2, 0.25) is 0 Å². The molecule has 0 spiro atoms. The number of nitrogens with zero attached hydrogens (tertiary/aromatic N) is 1. The van der Waals surface area contributed by atoms with Crippen LogP contribution in [-0.2, 0) is 23.8 Å². The molecule has 0 amide bonds. The van der Waals surface area contributed by atoms with E-state index < -0.39 is 21.8 Å². The quantitative estimate of drug-likeness (QED) is 0.341. The van der Waals surface area contributed by atoms with E-state index in [1.54, 1.807) is 18.3 Å². The summed E-state index contributed by atoms with van der Waals surface area (Å²) in [7, 11) is -2.65. The molecule has 0 aliphatic carbocycles. The molecule has 24 heavy (non-hydrogen) atoms. The van der Waals surface area contributed by atoms with Gasteiger partial charge in [0.25, 0.3) is 0 Å². The van der Waals surface area contributed by atoms with Crippen molar-refractivity contribution in [3.63, 3.8) is 0 Å². The Bertz CT molecular complexity index is 829. The van der Waals surface area contributed by atoms with E-state index in [4.69, 9.17) is 4.74 Å². The zero-order valence-electron chi connectivity index (χ0n) is 13.0. The van der Waals surface area contributed by atoms with E-state index in [9.17, 15) is 13.2 Å². The number of hydrogen-bond acceptors (Lipinski definition) is 7. The first-order valence-corrected chi connectivity index (χ1v) is 8.57. The van der Waals surface area contributed by atoms with Crippen molar-refractivity contribution in [2.24, 2.45) is 0 Å². The maximum Gasteiger partial charge on any atom is 0.377 e. The van der Waals surface area contributed by atoms with Gasteiger partial charge in [0.2, 0.25) is 11.6 Å². The third-order valence-electron chi connectivity index (χ3n) is 2.77. The van der Waals surface area contributed by atoms with E-state index >= 15 is 0 Å². The molecule has 0 saturated heterocycles. The van der Waals surface area contributed by atoms with E-state index in [0.29, 0.717) is 6.26 Å².